The molecule has 0 aliphatic heterocycles. The van der Waals surface area contributed by atoms with Gasteiger partial charge in [0.1, 0.15) is 11.6 Å². The zero-order valence-corrected chi connectivity index (χ0v) is 7.09. The Hall–Kier alpha value is -0.920. The van der Waals surface area contributed by atoms with Gasteiger partial charge in [-0.05, 0) is 13.3 Å². The van der Waals surface area contributed by atoms with E-state index in [0.29, 0.717) is 6.42 Å². The molecular weight excluding hydrogens is 140 g/mol. The molecule has 0 aliphatic rings. The summed E-state index contributed by atoms with van der Waals surface area (Å²) >= 11 is 0. The van der Waals surface area contributed by atoms with Gasteiger partial charge in [-0.25, -0.2) is 0 Å². The summed E-state index contributed by atoms with van der Waals surface area (Å²) in [6.45, 7) is 3.44. The van der Waals surface area contributed by atoms with E-state index in [4.69, 9.17) is 0 Å². The van der Waals surface area contributed by atoms with E-state index in [9.17, 15) is 9.59 Å². The summed E-state index contributed by atoms with van der Waals surface area (Å²) < 4.78 is 0. The summed E-state index contributed by atoms with van der Waals surface area (Å²) in [5.74, 6) is -0.0536. The molecule has 0 aromatic rings. The number of ketones is 2. The summed E-state index contributed by atoms with van der Waals surface area (Å²) in [6, 6.07) is 0. The smallest absolute Gasteiger partial charge is 0.143 e. The standard InChI is InChI=1S/C9H14O2/c1-3-4-5-6-9(11)7-8(2)10/h4-5H,3,6-7H2,1-2H3. The molecule has 0 spiro atoms. The van der Waals surface area contributed by atoms with Crippen LogP contribution in [0.1, 0.15) is 33.1 Å². The zero-order chi connectivity index (χ0) is 8.69. The lowest BCUT2D eigenvalue weighted by molar-refractivity contribution is -0.125. The molecule has 11 heavy (non-hydrogen) atoms. The van der Waals surface area contributed by atoms with E-state index >= 15 is 0 Å². The number of allylic oxidation sites excluding steroid dienone is 2. The first-order valence-corrected chi connectivity index (χ1v) is 3.83. The maximum atomic E-state index is 10.9. The number of carbonyl (C=O) groups excluding carboxylic acids is 2. The van der Waals surface area contributed by atoms with Gasteiger partial charge in [-0.15, -0.1) is 0 Å². The van der Waals surface area contributed by atoms with Gasteiger partial charge >= 0.3 is 0 Å². The predicted octanol–water partition coefficient (Wildman–Crippen LogP) is 1.89. The summed E-state index contributed by atoms with van der Waals surface area (Å²) in [7, 11) is 0. The van der Waals surface area contributed by atoms with Crippen LogP contribution in [-0.4, -0.2) is 11.6 Å². The monoisotopic (exact) mass is 154 g/mol. The Balaban J connectivity index is 3.53. The number of carbonyl (C=O) groups is 2. The molecule has 0 fully saturated rings. The summed E-state index contributed by atoms with van der Waals surface area (Å²) in [4.78, 5) is 21.3. The molecule has 0 aromatic heterocycles. The van der Waals surface area contributed by atoms with E-state index in [1.807, 2.05) is 19.1 Å². The zero-order valence-electron chi connectivity index (χ0n) is 7.09. The fraction of sp³-hybridized carbons (Fsp3) is 0.556. The van der Waals surface area contributed by atoms with Crippen molar-refractivity contribution in [2.75, 3.05) is 0 Å². The Bertz CT molecular complexity index is 168. The third kappa shape index (κ3) is 6.97. The Kier molecular flexibility index (Phi) is 5.35. The lowest BCUT2D eigenvalue weighted by Gasteiger charge is -1.90. The van der Waals surface area contributed by atoms with Crippen LogP contribution in [0.25, 0.3) is 0 Å². The van der Waals surface area contributed by atoms with Gasteiger partial charge in [-0.2, -0.15) is 0 Å². The largest absolute Gasteiger partial charge is 0.300 e. The molecule has 0 radical (unpaired) electrons. The average molecular weight is 154 g/mol. The second kappa shape index (κ2) is 5.83. The van der Waals surface area contributed by atoms with Crippen molar-refractivity contribution >= 4 is 11.6 Å². The van der Waals surface area contributed by atoms with E-state index in [0.717, 1.165) is 6.42 Å². The number of hydrogen-bond donors (Lipinski definition) is 0. The number of rotatable bonds is 5. The molecule has 0 heterocycles. The van der Waals surface area contributed by atoms with Crippen LogP contribution in [0.3, 0.4) is 0 Å². The quantitative estimate of drug-likeness (QED) is 0.447. The minimum absolute atomic E-state index is 0.00204. The van der Waals surface area contributed by atoms with Gasteiger partial charge in [0.15, 0.2) is 0 Å². The van der Waals surface area contributed by atoms with Crippen molar-refractivity contribution in [1.82, 2.24) is 0 Å². The summed E-state index contributed by atoms with van der Waals surface area (Å²) in [5, 5.41) is 0. The first-order valence-electron chi connectivity index (χ1n) is 3.83. The van der Waals surface area contributed by atoms with Crippen LogP contribution in [-0.2, 0) is 9.59 Å². The van der Waals surface area contributed by atoms with Gasteiger partial charge in [0, 0.05) is 6.42 Å². The van der Waals surface area contributed by atoms with E-state index in [1.54, 1.807) is 0 Å². The van der Waals surface area contributed by atoms with E-state index in [2.05, 4.69) is 0 Å². The van der Waals surface area contributed by atoms with Crippen molar-refractivity contribution in [2.45, 2.75) is 33.1 Å². The Labute approximate surface area is 67.3 Å². The van der Waals surface area contributed by atoms with E-state index in [1.165, 1.54) is 6.92 Å². The second-order valence-corrected chi connectivity index (χ2v) is 2.50. The molecule has 2 heteroatoms. The van der Waals surface area contributed by atoms with Crippen LogP contribution in [0.15, 0.2) is 12.2 Å². The van der Waals surface area contributed by atoms with Gasteiger partial charge in [0.2, 0.25) is 0 Å². The highest BCUT2D eigenvalue weighted by atomic mass is 16.1. The van der Waals surface area contributed by atoms with Crippen molar-refractivity contribution < 1.29 is 9.59 Å². The molecule has 0 bridgehead atoms. The molecule has 62 valence electrons. The molecule has 0 aliphatic carbocycles. The van der Waals surface area contributed by atoms with Crippen LogP contribution in [0, 0.1) is 0 Å². The highest BCUT2D eigenvalue weighted by Gasteiger charge is 2.01. The molecule has 0 aromatic carbocycles. The lowest BCUT2D eigenvalue weighted by atomic mass is 10.1. The van der Waals surface area contributed by atoms with Gasteiger partial charge < -0.3 is 0 Å². The molecule has 0 atom stereocenters. The third-order valence-electron chi connectivity index (χ3n) is 1.19. The van der Waals surface area contributed by atoms with Crippen molar-refractivity contribution in [3.63, 3.8) is 0 Å². The third-order valence-corrected chi connectivity index (χ3v) is 1.19. The van der Waals surface area contributed by atoms with E-state index < -0.39 is 0 Å². The van der Waals surface area contributed by atoms with Gasteiger partial charge in [0.25, 0.3) is 0 Å². The lowest BCUT2D eigenvalue weighted by Crippen LogP contribution is -2.02. The number of Topliss-reactive ketones (excluding diaryl/α,β-unsaturated/α-hetero) is 2. The Morgan fingerprint density at radius 1 is 1.27 bits per heavy atom. The minimum atomic E-state index is -0.0556. The van der Waals surface area contributed by atoms with Crippen LogP contribution < -0.4 is 0 Å². The van der Waals surface area contributed by atoms with E-state index in [-0.39, 0.29) is 18.0 Å². The molecular formula is C9H14O2. The van der Waals surface area contributed by atoms with Gasteiger partial charge in [-0.3, -0.25) is 9.59 Å². The molecule has 0 saturated carbocycles. The maximum Gasteiger partial charge on any atom is 0.143 e. The average Bonchev–Trinajstić information content (AvgIpc) is 1.86. The summed E-state index contributed by atoms with van der Waals surface area (Å²) in [6.07, 6.45) is 5.15. The first kappa shape index (κ1) is 10.1. The molecule has 0 amide bonds. The fourth-order valence-corrected chi connectivity index (χ4v) is 0.731. The molecule has 0 unspecified atom stereocenters. The molecule has 0 saturated heterocycles. The Morgan fingerprint density at radius 3 is 2.36 bits per heavy atom. The van der Waals surface area contributed by atoms with Crippen LogP contribution in [0.4, 0.5) is 0 Å². The normalized spacial score (nSPS) is 10.4. The molecule has 2 nitrogen and oxygen atoms in total. The van der Waals surface area contributed by atoms with Crippen molar-refractivity contribution in [2.24, 2.45) is 0 Å². The predicted molar refractivity (Wildman–Crippen MR) is 44.4 cm³/mol. The highest BCUT2D eigenvalue weighted by molar-refractivity contribution is 5.98. The van der Waals surface area contributed by atoms with Gasteiger partial charge in [0.05, 0.1) is 6.42 Å². The molecule has 0 N–H and O–H groups in total. The number of hydrogen-bond acceptors (Lipinski definition) is 2. The maximum absolute atomic E-state index is 10.9. The SMILES string of the molecule is CCC=CCC(=O)CC(C)=O. The highest BCUT2D eigenvalue weighted by Crippen LogP contribution is 1.93. The van der Waals surface area contributed by atoms with Crippen molar-refractivity contribution in [1.29, 1.82) is 0 Å². The summed E-state index contributed by atoms with van der Waals surface area (Å²) in [5.41, 5.74) is 0. The minimum Gasteiger partial charge on any atom is -0.300 e. The second-order valence-electron chi connectivity index (χ2n) is 2.50. The van der Waals surface area contributed by atoms with Crippen LogP contribution in [0.5, 0.6) is 0 Å². The molecule has 0 rings (SSSR count). The van der Waals surface area contributed by atoms with Crippen molar-refractivity contribution in [3.8, 4) is 0 Å². The fourth-order valence-electron chi connectivity index (χ4n) is 0.731. The topological polar surface area (TPSA) is 34.1 Å². The van der Waals surface area contributed by atoms with Crippen LogP contribution in [0.2, 0.25) is 0 Å². The Morgan fingerprint density at radius 2 is 1.91 bits per heavy atom. The van der Waals surface area contributed by atoms with Crippen molar-refractivity contribution in [3.05, 3.63) is 12.2 Å². The first-order chi connectivity index (χ1) is 5.16. The van der Waals surface area contributed by atoms with Crippen LogP contribution >= 0.6 is 0 Å². The van der Waals surface area contributed by atoms with Gasteiger partial charge in [-0.1, -0.05) is 19.1 Å².